The maximum atomic E-state index is 12.0. The van der Waals surface area contributed by atoms with Gasteiger partial charge in [-0.25, -0.2) is 4.79 Å². The minimum Gasteiger partial charge on any atom is -0.454 e. The molecule has 4 amide bonds. The Morgan fingerprint density at radius 2 is 1.92 bits per heavy atom. The molecule has 0 saturated heterocycles. The number of urea groups is 1. The molecule has 0 unspecified atom stereocenters. The molecule has 0 saturated carbocycles. The zero-order valence-electron chi connectivity index (χ0n) is 13.6. The lowest BCUT2D eigenvalue weighted by molar-refractivity contribution is -0.153. The van der Waals surface area contributed by atoms with Gasteiger partial charge in [0.05, 0.1) is 0 Å². The van der Waals surface area contributed by atoms with Gasteiger partial charge in [-0.2, -0.15) is 0 Å². The van der Waals surface area contributed by atoms with Gasteiger partial charge in [0.1, 0.15) is 6.54 Å². The Morgan fingerprint density at radius 3 is 2.64 bits per heavy atom. The number of imide groups is 1. The molecule has 0 spiro atoms. The second-order valence-corrected chi connectivity index (χ2v) is 4.95. The zero-order valence-corrected chi connectivity index (χ0v) is 13.6. The molecule has 0 fully saturated rings. The SMILES string of the molecule is CNC(=O)NC(=O)[C@@H](C)OC(=O)CNC(=O)c1ccc2c(c1)OCO2. The van der Waals surface area contributed by atoms with Crippen molar-refractivity contribution in [1.29, 1.82) is 0 Å². The van der Waals surface area contributed by atoms with Gasteiger partial charge < -0.3 is 24.8 Å². The monoisotopic (exact) mass is 351 g/mol. The third kappa shape index (κ3) is 4.83. The Hall–Kier alpha value is -3.30. The fourth-order valence-corrected chi connectivity index (χ4v) is 1.86. The molecule has 1 heterocycles. The van der Waals surface area contributed by atoms with Gasteiger partial charge in [-0.1, -0.05) is 0 Å². The van der Waals surface area contributed by atoms with Gasteiger partial charge in [0, 0.05) is 12.6 Å². The van der Waals surface area contributed by atoms with Crippen molar-refractivity contribution in [2.75, 3.05) is 20.4 Å². The molecule has 2 rings (SSSR count). The van der Waals surface area contributed by atoms with E-state index in [1.54, 1.807) is 6.07 Å². The number of rotatable bonds is 5. The van der Waals surface area contributed by atoms with E-state index in [1.165, 1.54) is 26.1 Å². The van der Waals surface area contributed by atoms with Crippen molar-refractivity contribution in [2.45, 2.75) is 13.0 Å². The molecule has 1 aromatic carbocycles. The number of benzene rings is 1. The normalized spacial score (nSPS) is 12.7. The van der Waals surface area contributed by atoms with Crippen molar-refractivity contribution in [1.82, 2.24) is 16.0 Å². The highest BCUT2D eigenvalue weighted by Crippen LogP contribution is 2.32. The van der Waals surface area contributed by atoms with Crippen LogP contribution in [0.25, 0.3) is 0 Å². The fraction of sp³-hybridized carbons (Fsp3) is 0.333. The van der Waals surface area contributed by atoms with Gasteiger partial charge in [0.15, 0.2) is 17.6 Å². The summed E-state index contributed by atoms with van der Waals surface area (Å²) in [6.45, 7) is 0.948. The summed E-state index contributed by atoms with van der Waals surface area (Å²) in [7, 11) is 1.34. The number of carbonyl (C=O) groups excluding carboxylic acids is 4. The van der Waals surface area contributed by atoms with Crippen LogP contribution in [0.5, 0.6) is 11.5 Å². The van der Waals surface area contributed by atoms with Crippen LogP contribution in [-0.4, -0.2) is 50.3 Å². The van der Waals surface area contributed by atoms with E-state index >= 15 is 0 Å². The lowest BCUT2D eigenvalue weighted by atomic mass is 10.2. The Labute approximate surface area is 142 Å². The van der Waals surface area contributed by atoms with Crippen molar-refractivity contribution >= 4 is 23.8 Å². The summed E-state index contributed by atoms with van der Waals surface area (Å²) >= 11 is 0. The van der Waals surface area contributed by atoms with Crippen LogP contribution < -0.4 is 25.4 Å². The molecule has 3 N–H and O–H groups in total. The Kier molecular flexibility index (Phi) is 5.77. The van der Waals surface area contributed by atoms with Crippen LogP contribution in [0.4, 0.5) is 4.79 Å². The highest BCUT2D eigenvalue weighted by Gasteiger charge is 2.20. The molecule has 10 nitrogen and oxygen atoms in total. The first kappa shape index (κ1) is 18.0. The van der Waals surface area contributed by atoms with Crippen molar-refractivity contribution in [2.24, 2.45) is 0 Å². The summed E-state index contributed by atoms with van der Waals surface area (Å²) in [5.41, 5.74) is 0.280. The lowest BCUT2D eigenvalue weighted by Crippen LogP contribution is -2.44. The second kappa shape index (κ2) is 7.99. The Morgan fingerprint density at radius 1 is 1.20 bits per heavy atom. The highest BCUT2D eigenvalue weighted by atomic mass is 16.7. The van der Waals surface area contributed by atoms with E-state index in [2.05, 4.69) is 10.6 Å². The average molecular weight is 351 g/mol. The van der Waals surface area contributed by atoms with Gasteiger partial charge in [-0.15, -0.1) is 0 Å². The summed E-state index contributed by atoms with van der Waals surface area (Å²) in [6, 6.07) is 3.88. The minimum atomic E-state index is -1.19. The van der Waals surface area contributed by atoms with Crippen molar-refractivity contribution < 1.29 is 33.4 Å². The van der Waals surface area contributed by atoms with Crippen LogP contribution >= 0.6 is 0 Å². The van der Waals surface area contributed by atoms with Gasteiger partial charge in [-0.05, 0) is 25.1 Å². The molecule has 1 aliphatic heterocycles. The minimum absolute atomic E-state index is 0.0860. The lowest BCUT2D eigenvalue weighted by Gasteiger charge is -2.13. The smallest absolute Gasteiger partial charge is 0.326 e. The number of carbonyl (C=O) groups is 4. The molecule has 1 aliphatic rings. The van der Waals surface area contributed by atoms with Crippen molar-refractivity contribution in [3.05, 3.63) is 23.8 Å². The van der Waals surface area contributed by atoms with Gasteiger partial charge >= 0.3 is 12.0 Å². The molecule has 0 bridgehead atoms. The standard InChI is InChI=1S/C15H17N3O7/c1-8(13(20)18-15(22)16-2)25-12(19)6-17-14(21)9-3-4-10-11(5-9)24-7-23-10/h3-5,8H,6-7H2,1-2H3,(H,17,21)(H2,16,18,20,22)/t8-/m1/s1. The third-order valence-corrected chi connectivity index (χ3v) is 3.17. The number of ether oxygens (including phenoxy) is 3. The van der Waals surface area contributed by atoms with E-state index in [9.17, 15) is 19.2 Å². The molecule has 1 atom stereocenters. The van der Waals surface area contributed by atoms with E-state index in [0.29, 0.717) is 11.5 Å². The topological polar surface area (TPSA) is 132 Å². The van der Waals surface area contributed by atoms with Crippen LogP contribution in [0, 0.1) is 0 Å². The number of hydrogen-bond acceptors (Lipinski definition) is 7. The van der Waals surface area contributed by atoms with Crippen LogP contribution in [0.1, 0.15) is 17.3 Å². The molecular formula is C15H17N3O7. The number of nitrogens with one attached hydrogen (secondary N) is 3. The Balaban J connectivity index is 1.80. The van der Waals surface area contributed by atoms with Crippen LogP contribution in [0.15, 0.2) is 18.2 Å². The third-order valence-electron chi connectivity index (χ3n) is 3.17. The summed E-state index contributed by atoms with van der Waals surface area (Å²) < 4.78 is 15.1. The highest BCUT2D eigenvalue weighted by molar-refractivity contribution is 5.98. The molecule has 25 heavy (non-hydrogen) atoms. The quantitative estimate of drug-likeness (QED) is 0.611. The number of fused-ring (bicyclic) bond motifs is 1. The van der Waals surface area contributed by atoms with E-state index in [4.69, 9.17) is 14.2 Å². The van der Waals surface area contributed by atoms with Crippen molar-refractivity contribution in [3.63, 3.8) is 0 Å². The van der Waals surface area contributed by atoms with Crippen LogP contribution in [0.2, 0.25) is 0 Å². The predicted molar refractivity (Wildman–Crippen MR) is 83.1 cm³/mol. The summed E-state index contributed by atoms with van der Waals surface area (Å²) in [4.78, 5) is 46.2. The summed E-state index contributed by atoms with van der Waals surface area (Å²) in [6.07, 6.45) is -1.19. The van der Waals surface area contributed by atoms with Gasteiger partial charge in [-0.3, -0.25) is 19.7 Å². The van der Waals surface area contributed by atoms with Crippen LogP contribution in [-0.2, 0) is 14.3 Å². The summed E-state index contributed by atoms with van der Waals surface area (Å²) in [5, 5.41) is 6.53. The predicted octanol–water partition coefficient (Wildman–Crippen LogP) is -0.468. The van der Waals surface area contributed by atoms with E-state index in [0.717, 1.165) is 0 Å². The molecule has 10 heteroatoms. The molecule has 0 radical (unpaired) electrons. The largest absolute Gasteiger partial charge is 0.454 e. The second-order valence-electron chi connectivity index (χ2n) is 4.95. The average Bonchev–Trinajstić information content (AvgIpc) is 3.06. The fourth-order valence-electron chi connectivity index (χ4n) is 1.86. The van der Waals surface area contributed by atoms with Gasteiger partial charge in [0.25, 0.3) is 11.8 Å². The Bertz CT molecular complexity index is 704. The van der Waals surface area contributed by atoms with Crippen LogP contribution in [0.3, 0.4) is 0 Å². The number of amides is 4. The summed E-state index contributed by atoms with van der Waals surface area (Å²) in [5.74, 6) is -1.15. The first-order valence-corrected chi connectivity index (χ1v) is 7.30. The maximum absolute atomic E-state index is 12.0. The number of hydrogen-bond donors (Lipinski definition) is 3. The van der Waals surface area contributed by atoms with Crippen molar-refractivity contribution in [3.8, 4) is 11.5 Å². The molecule has 134 valence electrons. The van der Waals surface area contributed by atoms with Gasteiger partial charge in [0.2, 0.25) is 6.79 Å². The molecule has 0 aliphatic carbocycles. The van der Waals surface area contributed by atoms with E-state index in [-0.39, 0.29) is 12.4 Å². The first-order valence-electron chi connectivity index (χ1n) is 7.30. The first-order chi connectivity index (χ1) is 11.9. The number of esters is 1. The van der Waals surface area contributed by atoms with E-state index in [1.807, 2.05) is 5.32 Å². The zero-order chi connectivity index (χ0) is 18.4. The molecule has 1 aromatic rings. The maximum Gasteiger partial charge on any atom is 0.326 e. The molecule has 0 aromatic heterocycles. The van der Waals surface area contributed by atoms with E-state index < -0.39 is 36.5 Å². The molecular weight excluding hydrogens is 334 g/mol.